The largest absolute Gasteiger partial charge is 0.450 e. The van der Waals surface area contributed by atoms with Gasteiger partial charge in [-0.05, 0) is 55.7 Å². The number of carbonyl (C=O) groups excluding carboxylic acids is 2. The minimum atomic E-state index is -4.12. The van der Waals surface area contributed by atoms with E-state index >= 15 is 0 Å². The van der Waals surface area contributed by atoms with Gasteiger partial charge in [-0.1, -0.05) is 76.8 Å². The molecule has 3 aromatic carbocycles. The average Bonchev–Trinajstić information content (AvgIpc) is 2.93. The lowest BCUT2D eigenvalue weighted by molar-refractivity contribution is 0.0928. The highest BCUT2D eigenvalue weighted by Crippen LogP contribution is 2.34. The maximum Gasteiger partial charge on any atom is 0.409 e. The lowest BCUT2D eigenvalue weighted by Crippen LogP contribution is -2.50. The van der Waals surface area contributed by atoms with Crippen LogP contribution in [0.15, 0.2) is 59.5 Å². The predicted molar refractivity (Wildman–Crippen MR) is 160 cm³/mol. The number of carbonyl (C=O) groups is 2. The summed E-state index contributed by atoms with van der Waals surface area (Å²) in [6, 6.07) is 14.9. The van der Waals surface area contributed by atoms with Gasteiger partial charge in [-0.3, -0.25) is 4.79 Å². The lowest BCUT2D eigenvalue weighted by atomic mass is 9.93. The normalized spacial score (nSPS) is 14.9. The molecule has 218 valence electrons. The monoisotopic (exact) mass is 637 g/mol. The van der Waals surface area contributed by atoms with Crippen LogP contribution in [-0.4, -0.2) is 62.4 Å². The van der Waals surface area contributed by atoms with E-state index in [0.29, 0.717) is 10.6 Å². The number of halogens is 3. The Morgan fingerprint density at radius 3 is 2.24 bits per heavy atom. The first-order valence-corrected chi connectivity index (χ1v) is 15.5. The van der Waals surface area contributed by atoms with Crippen molar-refractivity contribution in [2.24, 2.45) is 0 Å². The standard InChI is InChI=1S/C29H30Cl3N3O5S/c1-4-40-29(37)34-11-13-35(14-12-34)41(38,39)26-16-22(24(31)17-25(26)32)28(36)33-27(20-7-5-6-8-23(20)30)21-15-18(2)9-10-19(21)3/h5-10,15-17,27H,4,11-14H2,1-3H3,(H,33,36). The van der Waals surface area contributed by atoms with Gasteiger partial charge >= 0.3 is 6.09 Å². The van der Waals surface area contributed by atoms with E-state index in [4.69, 9.17) is 39.5 Å². The quantitative estimate of drug-likeness (QED) is 0.330. The Morgan fingerprint density at radius 2 is 1.59 bits per heavy atom. The highest BCUT2D eigenvalue weighted by Gasteiger charge is 2.33. The zero-order chi connectivity index (χ0) is 29.9. The number of nitrogens with one attached hydrogen (secondary N) is 1. The van der Waals surface area contributed by atoms with E-state index in [1.54, 1.807) is 19.1 Å². The molecule has 1 aliphatic rings. The molecule has 0 aliphatic carbocycles. The van der Waals surface area contributed by atoms with Crippen molar-refractivity contribution >= 4 is 56.8 Å². The second-order valence-corrected chi connectivity index (χ2v) is 12.8. The molecule has 3 aromatic rings. The van der Waals surface area contributed by atoms with Crippen molar-refractivity contribution in [2.75, 3.05) is 32.8 Å². The summed E-state index contributed by atoms with van der Waals surface area (Å²) in [7, 11) is -4.12. The second-order valence-electron chi connectivity index (χ2n) is 9.64. The molecule has 0 spiro atoms. The summed E-state index contributed by atoms with van der Waals surface area (Å²) in [6.07, 6.45) is -0.495. The van der Waals surface area contributed by atoms with Crippen LogP contribution < -0.4 is 5.32 Å². The van der Waals surface area contributed by atoms with Crippen molar-refractivity contribution in [2.45, 2.75) is 31.7 Å². The maximum absolute atomic E-state index is 13.7. The first-order valence-electron chi connectivity index (χ1n) is 13.0. The van der Waals surface area contributed by atoms with E-state index in [-0.39, 0.29) is 53.3 Å². The molecule has 0 saturated carbocycles. The van der Waals surface area contributed by atoms with Gasteiger partial charge in [0.25, 0.3) is 5.91 Å². The molecule has 0 aromatic heterocycles. The Kier molecular flexibility index (Phi) is 9.87. The van der Waals surface area contributed by atoms with Crippen molar-refractivity contribution in [3.05, 3.63) is 97.5 Å². The number of amides is 2. The number of benzene rings is 3. The topological polar surface area (TPSA) is 96.0 Å². The fourth-order valence-corrected chi connectivity index (χ4v) is 7.18. The SMILES string of the molecule is CCOC(=O)N1CCN(S(=O)(=O)c2cc(C(=O)NC(c3cc(C)ccc3C)c3ccccc3Cl)c(Cl)cc2Cl)CC1. The molecule has 8 nitrogen and oxygen atoms in total. The molecule has 1 aliphatic heterocycles. The Balaban J connectivity index is 1.66. The predicted octanol–water partition coefficient (Wildman–Crippen LogP) is 6.25. The highest BCUT2D eigenvalue weighted by atomic mass is 35.5. The molecule has 0 bridgehead atoms. The van der Waals surface area contributed by atoms with Crippen molar-refractivity contribution < 1.29 is 22.7 Å². The Hall–Kier alpha value is -2.82. The average molecular weight is 639 g/mol. The van der Waals surface area contributed by atoms with Crippen molar-refractivity contribution in [1.29, 1.82) is 0 Å². The number of piperazine rings is 1. The van der Waals surface area contributed by atoms with Crippen LogP contribution in [-0.2, 0) is 14.8 Å². The summed E-state index contributed by atoms with van der Waals surface area (Å²) >= 11 is 19.4. The number of ether oxygens (including phenoxy) is 1. The van der Waals surface area contributed by atoms with Crippen LogP contribution in [0.25, 0.3) is 0 Å². The maximum atomic E-state index is 13.7. The fourth-order valence-electron chi connectivity index (χ4n) is 4.68. The fraction of sp³-hybridized carbons (Fsp3) is 0.310. The van der Waals surface area contributed by atoms with E-state index in [0.717, 1.165) is 16.7 Å². The second kappa shape index (κ2) is 13.0. The van der Waals surface area contributed by atoms with Gasteiger partial charge in [0.1, 0.15) is 4.90 Å². The number of sulfonamides is 1. The molecule has 2 amide bonds. The van der Waals surface area contributed by atoms with E-state index in [2.05, 4.69) is 5.32 Å². The van der Waals surface area contributed by atoms with Crippen LogP contribution >= 0.6 is 34.8 Å². The summed E-state index contributed by atoms with van der Waals surface area (Å²) in [5.41, 5.74) is 3.39. The van der Waals surface area contributed by atoms with Gasteiger partial charge in [-0.2, -0.15) is 4.31 Å². The molecule has 1 fully saturated rings. The summed E-state index contributed by atoms with van der Waals surface area (Å²) < 4.78 is 33.4. The molecule has 12 heteroatoms. The van der Waals surface area contributed by atoms with E-state index < -0.39 is 28.1 Å². The molecule has 41 heavy (non-hydrogen) atoms. The summed E-state index contributed by atoms with van der Waals surface area (Å²) in [5.74, 6) is -0.596. The third-order valence-electron chi connectivity index (χ3n) is 6.89. The Labute approximate surface area is 255 Å². The summed E-state index contributed by atoms with van der Waals surface area (Å²) in [5, 5.41) is 3.35. The third kappa shape index (κ3) is 6.81. The zero-order valence-corrected chi connectivity index (χ0v) is 25.9. The number of hydrogen-bond acceptors (Lipinski definition) is 5. The van der Waals surface area contributed by atoms with Gasteiger partial charge in [0.15, 0.2) is 0 Å². The lowest BCUT2D eigenvalue weighted by Gasteiger charge is -2.33. The third-order valence-corrected chi connectivity index (χ3v) is 9.91. The first-order chi connectivity index (χ1) is 19.4. The van der Waals surface area contributed by atoms with Gasteiger partial charge in [0, 0.05) is 31.2 Å². The Bertz CT molecular complexity index is 1570. The molecule has 1 atom stereocenters. The van der Waals surface area contributed by atoms with Gasteiger partial charge in [-0.25, -0.2) is 13.2 Å². The van der Waals surface area contributed by atoms with Crippen molar-refractivity contribution in [3.63, 3.8) is 0 Å². The van der Waals surface area contributed by atoms with Gasteiger partial charge in [-0.15, -0.1) is 0 Å². The van der Waals surface area contributed by atoms with Crippen molar-refractivity contribution in [3.8, 4) is 0 Å². The van der Waals surface area contributed by atoms with Gasteiger partial charge in [0.05, 0.1) is 28.3 Å². The molecule has 1 heterocycles. The molecule has 0 radical (unpaired) electrons. The van der Waals surface area contributed by atoms with E-state index in [9.17, 15) is 18.0 Å². The highest BCUT2D eigenvalue weighted by molar-refractivity contribution is 7.89. The van der Waals surface area contributed by atoms with Crippen LogP contribution in [0.2, 0.25) is 15.1 Å². The minimum absolute atomic E-state index is 0.00236. The van der Waals surface area contributed by atoms with Crippen LogP contribution in [0.3, 0.4) is 0 Å². The molecule has 1 unspecified atom stereocenters. The van der Waals surface area contributed by atoms with Crippen LogP contribution in [0.5, 0.6) is 0 Å². The van der Waals surface area contributed by atoms with E-state index in [1.807, 2.05) is 44.2 Å². The van der Waals surface area contributed by atoms with E-state index in [1.165, 1.54) is 21.3 Å². The van der Waals surface area contributed by atoms with Gasteiger partial charge in [0.2, 0.25) is 10.0 Å². The smallest absolute Gasteiger partial charge is 0.409 e. The minimum Gasteiger partial charge on any atom is -0.450 e. The molecular weight excluding hydrogens is 609 g/mol. The summed E-state index contributed by atoms with van der Waals surface area (Å²) in [4.78, 5) is 27.0. The first kappa shape index (κ1) is 31.1. The van der Waals surface area contributed by atoms with Crippen LogP contribution in [0.1, 0.15) is 45.6 Å². The molecule has 4 rings (SSSR count). The molecular formula is C29H30Cl3N3O5S. The zero-order valence-electron chi connectivity index (χ0n) is 22.8. The van der Waals surface area contributed by atoms with Crippen LogP contribution in [0.4, 0.5) is 4.79 Å². The molecule has 1 saturated heterocycles. The number of nitrogens with zero attached hydrogens (tertiary/aromatic N) is 2. The molecule has 1 N–H and O–H groups in total. The van der Waals surface area contributed by atoms with Crippen LogP contribution in [0, 0.1) is 13.8 Å². The number of aryl methyl sites for hydroxylation is 2. The number of rotatable bonds is 7. The number of hydrogen-bond donors (Lipinski definition) is 1. The van der Waals surface area contributed by atoms with Gasteiger partial charge < -0.3 is 15.0 Å². The summed E-state index contributed by atoms with van der Waals surface area (Å²) in [6.45, 7) is 6.22. The van der Waals surface area contributed by atoms with Crippen molar-refractivity contribution in [1.82, 2.24) is 14.5 Å². The Morgan fingerprint density at radius 1 is 0.902 bits per heavy atom.